The number of aryl methyl sites for hydroxylation is 1. The zero-order valence-corrected chi connectivity index (χ0v) is 15.5. The number of nitrogen functional groups attached to an aromatic ring is 1. The number of nitrogens with zero attached hydrogens (tertiary/aromatic N) is 3. The van der Waals surface area contributed by atoms with E-state index >= 15 is 0 Å². The van der Waals surface area contributed by atoms with Crippen molar-refractivity contribution in [3.8, 4) is 16.9 Å². The van der Waals surface area contributed by atoms with Crippen molar-refractivity contribution in [2.75, 3.05) is 18.2 Å². The van der Waals surface area contributed by atoms with Crippen LogP contribution in [0.25, 0.3) is 11.1 Å². The van der Waals surface area contributed by atoms with E-state index in [0.29, 0.717) is 38.4 Å². The number of benzene rings is 1. The molecule has 0 aliphatic carbocycles. The predicted octanol–water partition coefficient (Wildman–Crippen LogP) is 3.63. The Morgan fingerprint density at radius 3 is 2.62 bits per heavy atom. The number of hydrogen-bond acceptors (Lipinski definition) is 5. The summed E-state index contributed by atoms with van der Waals surface area (Å²) in [5.41, 5.74) is 7.63. The number of methoxy groups -OCH3 is 1. The normalized spacial score (nSPS) is 10.6. The first-order valence-corrected chi connectivity index (χ1v) is 8.25. The van der Waals surface area contributed by atoms with Crippen LogP contribution in [-0.4, -0.2) is 27.8 Å². The van der Waals surface area contributed by atoms with Crippen molar-refractivity contribution in [3.05, 3.63) is 52.3 Å². The number of ether oxygens (including phenoxy) is 1. The van der Waals surface area contributed by atoms with Gasteiger partial charge in [-0.1, -0.05) is 23.2 Å². The van der Waals surface area contributed by atoms with E-state index in [4.69, 9.17) is 33.7 Å². The smallest absolute Gasteiger partial charge is 0.275 e. The molecule has 3 aromatic rings. The quantitative estimate of drug-likeness (QED) is 0.707. The van der Waals surface area contributed by atoms with E-state index in [2.05, 4.69) is 15.4 Å². The number of anilines is 2. The summed E-state index contributed by atoms with van der Waals surface area (Å²) < 4.78 is 6.67. The van der Waals surface area contributed by atoms with Gasteiger partial charge in [0.2, 0.25) is 0 Å². The number of carbonyl (C=O) groups excluding carboxylic acids is 1. The minimum atomic E-state index is -0.341. The molecule has 0 saturated heterocycles. The molecule has 0 unspecified atom stereocenters. The van der Waals surface area contributed by atoms with E-state index in [1.54, 1.807) is 37.4 Å². The summed E-state index contributed by atoms with van der Waals surface area (Å²) >= 11 is 12.4. The lowest BCUT2D eigenvalue weighted by Crippen LogP contribution is -2.17. The molecule has 2 heterocycles. The van der Waals surface area contributed by atoms with Gasteiger partial charge < -0.3 is 15.8 Å². The largest absolute Gasteiger partial charge is 0.497 e. The van der Waals surface area contributed by atoms with Gasteiger partial charge in [0.15, 0.2) is 0 Å². The first-order chi connectivity index (χ1) is 12.4. The van der Waals surface area contributed by atoms with Crippen LogP contribution in [-0.2, 0) is 7.05 Å². The third-order valence-electron chi connectivity index (χ3n) is 3.75. The fourth-order valence-corrected chi connectivity index (χ4v) is 2.85. The maximum atomic E-state index is 12.2. The summed E-state index contributed by atoms with van der Waals surface area (Å²) in [6, 6.07) is 8.27. The number of halogens is 2. The molecule has 0 atom stereocenters. The lowest BCUT2D eigenvalue weighted by atomic mass is 10.1. The van der Waals surface area contributed by atoms with Gasteiger partial charge in [0.25, 0.3) is 5.91 Å². The third kappa shape index (κ3) is 3.44. The van der Waals surface area contributed by atoms with Gasteiger partial charge in [0, 0.05) is 30.4 Å². The zero-order chi connectivity index (χ0) is 18.8. The Kier molecular flexibility index (Phi) is 5.01. The van der Waals surface area contributed by atoms with E-state index in [1.807, 2.05) is 0 Å². The van der Waals surface area contributed by atoms with Crippen LogP contribution < -0.4 is 15.8 Å². The Labute approximate surface area is 159 Å². The molecule has 1 amide bonds. The molecule has 9 heteroatoms. The predicted molar refractivity (Wildman–Crippen MR) is 102 cm³/mol. The maximum absolute atomic E-state index is 12.2. The van der Waals surface area contributed by atoms with Gasteiger partial charge in [0.1, 0.15) is 23.1 Å². The van der Waals surface area contributed by atoms with E-state index in [1.165, 1.54) is 18.0 Å². The van der Waals surface area contributed by atoms with E-state index < -0.39 is 0 Å². The van der Waals surface area contributed by atoms with Gasteiger partial charge in [-0.3, -0.25) is 9.48 Å². The van der Waals surface area contributed by atoms with Crippen molar-refractivity contribution in [3.63, 3.8) is 0 Å². The van der Waals surface area contributed by atoms with Crippen molar-refractivity contribution in [1.29, 1.82) is 0 Å². The average molecular weight is 392 g/mol. The summed E-state index contributed by atoms with van der Waals surface area (Å²) in [7, 11) is 3.20. The molecule has 26 heavy (non-hydrogen) atoms. The number of amides is 1. The van der Waals surface area contributed by atoms with Crippen LogP contribution in [0.1, 0.15) is 10.5 Å². The second kappa shape index (κ2) is 7.23. The monoisotopic (exact) mass is 391 g/mol. The number of pyridine rings is 1. The topological polar surface area (TPSA) is 95.1 Å². The van der Waals surface area contributed by atoms with Gasteiger partial charge in [-0.15, -0.1) is 0 Å². The van der Waals surface area contributed by atoms with Gasteiger partial charge in [0.05, 0.1) is 17.2 Å². The van der Waals surface area contributed by atoms with E-state index in [-0.39, 0.29) is 11.7 Å². The Morgan fingerprint density at radius 2 is 2.00 bits per heavy atom. The summed E-state index contributed by atoms with van der Waals surface area (Å²) in [5.74, 6) is 0.705. The molecule has 0 radical (unpaired) electrons. The molecule has 0 fully saturated rings. The summed E-state index contributed by atoms with van der Waals surface area (Å²) in [4.78, 5) is 16.5. The van der Waals surface area contributed by atoms with Crippen LogP contribution in [0.4, 0.5) is 11.6 Å². The van der Waals surface area contributed by atoms with Crippen molar-refractivity contribution < 1.29 is 9.53 Å². The van der Waals surface area contributed by atoms with Crippen molar-refractivity contribution in [1.82, 2.24) is 14.8 Å². The molecule has 7 nitrogen and oxygen atoms in total. The molecular formula is C17H15Cl2N5O2. The molecule has 0 aliphatic rings. The second-order valence-corrected chi connectivity index (χ2v) is 6.18. The Bertz CT molecular complexity index is 987. The standard InChI is InChI=1S/C17H15Cl2N5O2/c1-24-13(5-6-21-24)17(25)23-14-4-3-10(16(20)22-14)11-7-9(26-2)8-12(18)15(11)19/h3-8H,1-2H3,(H3,20,22,23,25). The minimum Gasteiger partial charge on any atom is -0.497 e. The van der Waals surface area contributed by atoms with E-state index in [9.17, 15) is 4.79 Å². The number of nitrogens with one attached hydrogen (secondary N) is 1. The number of rotatable bonds is 4. The Hall–Kier alpha value is -2.77. The van der Waals surface area contributed by atoms with Crippen LogP contribution in [0.15, 0.2) is 36.5 Å². The van der Waals surface area contributed by atoms with Crippen molar-refractivity contribution in [2.45, 2.75) is 0 Å². The second-order valence-electron chi connectivity index (χ2n) is 5.39. The first-order valence-electron chi connectivity index (χ1n) is 7.50. The molecule has 2 aromatic heterocycles. The van der Waals surface area contributed by atoms with Crippen molar-refractivity contribution in [2.24, 2.45) is 7.05 Å². The highest BCUT2D eigenvalue weighted by atomic mass is 35.5. The molecule has 0 bridgehead atoms. The van der Waals surface area contributed by atoms with Crippen molar-refractivity contribution >= 4 is 40.7 Å². The highest BCUT2D eigenvalue weighted by molar-refractivity contribution is 6.44. The number of nitrogens with two attached hydrogens (primary N) is 1. The number of aromatic nitrogens is 3. The van der Waals surface area contributed by atoms with Gasteiger partial charge in [-0.05, 0) is 24.3 Å². The Morgan fingerprint density at radius 1 is 1.23 bits per heavy atom. The lowest BCUT2D eigenvalue weighted by molar-refractivity contribution is 0.101. The highest BCUT2D eigenvalue weighted by Gasteiger charge is 2.15. The summed E-state index contributed by atoms with van der Waals surface area (Å²) in [6.07, 6.45) is 1.54. The molecule has 1 aromatic carbocycles. The number of hydrogen-bond donors (Lipinski definition) is 2. The molecule has 0 aliphatic heterocycles. The van der Waals surface area contributed by atoms with Crippen LogP contribution in [0, 0.1) is 0 Å². The SMILES string of the molecule is COc1cc(Cl)c(Cl)c(-c2ccc(NC(=O)c3ccnn3C)nc2N)c1. The first kappa shape index (κ1) is 18.0. The molecule has 3 rings (SSSR count). The number of carbonyl (C=O) groups is 1. The zero-order valence-electron chi connectivity index (χ0n) is 14.0. The summed E-state index contributed by atoms with van der Waals surface area (Å²) in [6.45, 7) is 0. The molecule has 0 saturated carbocycles. The van der Waals surface area contributed by atoms with Gasteiger partial charge >= 0.3 is 0 Å². The van der Waals surface area contributed by atoms with Crippen LogP contribution >= 0.6 is 23.2 Å². The minimum absolute atomic E-state index is 0.194. The highest BCUT2D eigenvalue weighted by Crippen LogP contribution is 2.39. The average Bonchev–Trinajstić information content (AvgIpc) is 3.04. The van der Waals surface area contributed by atoms with Gasteiger partial charge in [-0.2, -0.15) is 5.10 Å². The van der Waals surface area contributed by atoms with Crippen LogP contribution in [0.3, 0.4) is 0 Å². The molecular weight excluding hydrogens is 377 g/mol. The molecule has 3 N–H and O–H groups in total. The van der Waals surface area contributed by atoms with Gasteiger partial charge in [-0.25, -0.2) is 4.98 Å². The third-order valence-corrected chi connectivity index (χ3v) is 4.55. The summed E-state index contributed by atoms with van der Waals surface area (Å²) in [5, 5.41) is 7.32. The lowest BCUT2D eigenvalue weighted by Gasteiger charge is -2.12. The molecule has 0 spiro atoms. The fraction of sp³-hybridized carbons (Fsp3) is 0.118. The van der Waals surface area contributed by atoms with Crippen LogP contribution in [0.5, 0.6) is 5.75 Å². The molecule has 134 valence electrons. The maximum Gasteiger partial charge on any atom is 0.275 e. The Balaban J connectivity index is 1.92. The van der Waals surface area contributed by atoms with Crippen LogP contribution in [0.2, 0.25) is 10.0 Å². The fourth-order valence-electron chi connectivity index (χ4n) is 2.43. The van der Waals surface area contributed by atoms with E-state index in [0.717, 1.165) is 0 Å².